The van der Waals surface area contributed by atoms with Crippen molar-refractivity contribution in [3.05, 3.63) is 0 Å². The van der Waals surface area contributed by atoms with Crippen LogP contribution in [0.4, 0.5) is 0 Å². The van der Waals surface area contributed by atoms with Gasteiger partial charge in [0.1, 0.15) is 1.12 Å². The van der Waals surface area contributed by atoms with Crippen LogP contribution in [-0.2, 0) is 0 Å². The van der Waals surface area contributed by atoms with Crippen molar-refractivity contribution >= 4 is 25.2 Å². The highest BCUT2D eigenvalue weighted by molar-refractivity contribution is 7.81. The monoisotopic (exact) mass is 404 g/mol. The highest BCUT2D eigenvalue weighted by Gasteiger charge is 2.03. The van der Waals surface area contributed by atoms with Gasteiger partial charge in [-0.25, -0.2) is 0 Å². The molecule has 0 spiro atoms. The third kappa shape index (κ3) is 22.7. The molecule has 0 radical (unpaired) electrons. The Labute approximate surface area is 179 Å². The van der Waals surface area contributed by atoms with E-state index in [2.05, 4.69) is 19.6 Å². The van der Waals surface area contributed by atoms with Crippen molar-refractivity contribution in [2.45, 2.75) is 147 Å². The number of rotatable bonds is 23. The van der Waals surface area contributed by atoms with Crippen molar-refractivity contribution in [3.63, 3.8) is 0 Å². The predicted octanol–water partition coefficient (Wildman–Crippen LogP) is 9.43. The Morgan fingerprint density at radius 3 is 1.23 bits per heavy atom. The average Bonchev–Trinajstić information content (AvgIpc) is 2.69. The number of thiol groups is 2. The normalized spacial score (nSPS) is 13.1. The van der Waals surface area contributed by atoms with Gasteiger partial charge in [-0.3, -0.25) is 0 Å². The Hall–Kier alpha value is 0.700. The molecule has 0 bridgehead atoms. The van der Waals surface area contributed by atoms with E-state index in [1.165, 1.54) is 147 Å². The molecule has 0 aromatic rings. The molecule has 0 aromatic carbocycles. The van der Waals surface area contributed by atoms with Gasteiger partial charge in [0.25, 0.3) is 0 Å². The largest absolute Gasteiger partial charge is 0.179 e. The van der Waals surface area contributed by atoms with Gasteiger partial charge in [-0.1, -0.05) is 122 Å². The maximum atomic E-state index is 7.72. The van der Waals surface area contributed by atoms with Crippen LogP contribution < -0.4 is 0 Å². The molecular formula is C24H50S2. The van der Waals surface area contributed by atoms with Gasteiger partial charge in [-0.15, -0.1) is 0 Å². The fraction of sp³-hybridized carbons (Fsp3) is 1.00. The van der Waals surface area contributed by atoms with Crippen LogP contribution in [0.25, 0.3) is 0 Å². The second kappa shape index (κ2) is 23.7. The zero-order valence-corrected chi connectivity index (χ0v) is 19.7. The van der Waals surface area contributed by atoms with Crippen LogP contribution in [0.1, 0.15) is 142 Å². The fourth-order valence-corrected chi connectivity index (χ4v) is 4.28. The minimum Gasteiger partial charge on any atom is -0.179 e. The summed E-state index contributed by atoms with van der Waals surface area (Å²) in [7, 11) is 0. The highest BCUT2D eigenvalue weighted by Crippen LogP contribution is 2.18. The van der Waals surface area contributed by atoms with E-state index in [-0.39, 0.29) is 0 Å². The molecule has 1 atom stereocenters. The Bertz CT molecular complexity index is 261. The Morgan fingerprint density at radius 2 is 0.885 bits per heavy atom. The van der Waals surface area contributed by atoms with Gasteiger partial charge in [-0.05, 0) is 25.0 Å². The number of unbranched alkanes of at least 4 members (excludes halogenated alkanes) is 17. The van der Waals surface area contributed by atoms with Gasteiger partial charge in [0, 0.05) is 5.25 Å². The Balaban J connectivity index is 3.27. The minimum absolute atomic E-state index is 0.599. The van der Waals surface area contributed by atoms with Crippen molar-refractivity contribution < 1.29 is 0 Å². The summed E-state index contributed by atoms with van der Waals surface area (Å²) in [5.41, 5.74) is 0. The third-order valence-corrected chi connectivity index (χ3v) is 6.35. The summed E-state index contributed by atoms with van der Waals surface area (Å²) in [4.78, 5) is 0. The quantitative estimate of drug-likeness (QED) is 0.123. The van der Waals surface area contributed by atoms with Crippen molar-refractivity contribution in [2.75, 3.05) is 5.75 Å². The van der Waals surface area contributed by atoms with E-state index >= 15 is 0 Å². The molecule has 0 saturated heterocycles. The van der Waals surface area contributed by atoms with Gasteiger partial charge < -0.3 is 0 Å². The molecule has 0 aliphatic carbocycles. The van der Waals surface area contributed by atoms with Crippen LogP contribution in [0.15, 0.2) is 0 Å². The molecule has 1 unspecified atom stereocenters. The van der Waals surface area contributed by atoms with Crippen molar-refractivity contribution in [1.29, 1.82) is 1.12 Å². The lowest BCUT2D eigenvalue weighted by Crippen LogP contribution is -1.98. The summed E-state index contributed by atoms with van der Waals surface area (Å²) in [5, 5.41) is 0.599. The van der Waals surface area contributed by atoms with Gasteiger partial charge in [0.15, 0.2) is 0 Å². The molecule has 0 aliphatic heterocycles. The van der Waals surface area contributed by atoms with Crippen molar-refractivity contribution in [2.24, 2.45) is 0 Å². The number of hydrogen-bond donors (Lipinski definition) is 2. The lowest BCUT2D eigenvalue weighted by Gasteiger charge is -2.10. The minimum atomic E-state index is 0.599. The second-order valence-electron chi connectivity index (χ2n) is 8.29. The molecule has 0 nitrogen and oxygen atoms in total. The summed E-state index contributed by atoms with van der Waals surface area (Å²) in [5.74, 6) is 1.05. The van der Waals surface area contributed by atoms with Gasteiger partial charge in [0.05, 0.1) is 0 Å². The first kappa shape index (κ1) is 24.7. The molecule has 26 heavy (non-hydrogen) atoms. The van der Waals surface area contributed by atoms with Crippen molar-refractivity contribution in [3.8, 4) is 0 Å². The molecule has 0 aliphatic rings. The lowest BCUT2D eigenvalue weighted by atomic mass is 10.0. The maximum Gasteiger partial charge on any atom is 0.103 e. The maximum absolute atomic E-state index is 7.72. The Kier molecular flexibility index (Phi) is 22.6. The van der Waals surface area contributed by atoms with Gasteiger partial charge in [0.2, 0.25) is 0 Å². The molecule has 0 aromatic heterocycles. The van der Waals surface area contributed by atoms with Crippen molar-refractivity contribution in [1.82, 2.24) is 0 Å². The van der Waals surface area contributed by atoms with Crippen LogP contribution in [-0.4, -0.2) is 12.1 Å². The van der Waals surface area contributed by atoms with E-state index in [0.29, 0.717) is 5.25 Å². The van der Waals surface area contributed by atoms with E-state index in [4.69, 9.17) is 1.12 Å². The first-order valence-corrected chi connectivity index (χ1v) is 13.2. The van der Waals surface area contributed by atoms with E-state index in [1.807, 2.05) is 0 Å². The number of hydrogen-bond acceptors (Lipinski definition) is 2. The molecule has 0 fully saturated rings. The third-order valence-electron chi connectivity index (χ3n) is 5.56. The van der Waals surface area contributed by atoms with Crippen LogP contribution >= 0.6 is 25.2 Å². The van der Waals surface area contributed by atoms with Crippen LogP contribution in [0, 0.1) is 0 Å². The fourth-order valence-electron chi connectivity index (χ4n) is 3.73. The lowest BCUT2D eigenvalue weighted by molar-refractivity contribution is 0.526. The van der Waals surface area contributed by atoms with Gasteiger partial charge >= 0.3 is 0 Å². The van der Waals surface area contributed by atoms with E-state index in [1.54, 1.807) is 0 Å². The smallest absolute Gasteiger partial charge is 0.103 e. The molecule has 0 saturated carbocycles. The SMILES string of the molecule is [3H]SC(CCCCCCCCCCC)CCCCCCCCCCCCS. The van der Waals surface area contributed by atoms with E-state index < -0.39 is 0 Å². The molecule has 0 N–H and O–H groups in total. The van der Waals surface area contributed by atoms with Crippen LogP contribution in [0.2, 0.25) is 0 Å². The van der Waals surface area contributed by atoms with Crippen LogP contribution in [0.5, 0.6) is 0 Å². The molecular weight excluding hydrogens is 352 g/mol. The molecule has 158 valence electrons. The molecule has 0 rings (SSSR count). The second-order valence-corrected chi connectivity index (χ2v) is 9.40. The zero-order chi connectivity index (χ0) is 19.8. The summed E-state index contributed by atoms with van der Waals surface area (Å²) in [6.07, 6.45) is 29.1. The highest BCUT2D eigenvalue weighted by atomic mass is 32.1. The average molecular weight is 405 g/mol. The topological polar surface area (TPSA) is 0 Å². The summed E-state index contributed by atoms with van der Waals surface area (Å²) < 4.78 is 7.72. The summed E-state index contributed by atoms with van der Waals surface area (Å²) >= 11 is 5.64. The first-order chi connectivity index (χ1) is 13.3. The molecule has 0 amide bonds. The van der Waals surface area contributed by atoms with Gasteiger partial charge in [-0.2, -0.15) is 25.2 Å². The van der Waals surface area contributed by atoms with E-state index in [0.717, 1.165) is 5.75 Å². The summed E-state index contributed by atoms with van der Waals surface area (Å²) in [6.45, 7) is 2.29. The predicted molar refractivity (Wildman–Crippen MR) is 129 cm³/mol. The standard InChI is InChI=1S/C24H50S2/c1-2-3-4-5-6-9-12-15-18-21-24(26)22-19-16-13-10-7-8-11-14-17-20-23-25/h24-26H,2-23H2,1H3/i/hT. The molecule has 2 heteroatoms. The first-order valence-electron chi connectivity index (χ1n) is 12.5. The Morgan fingerprint density at radius 1 is 0.538 bits per heavy atom. The van der Waals surface area contributed by atoms with E-state index in [9.17, 15) is 0 Å². The van der Waals surface area contributed by atoms with Crippen LogP contribution in [0.3, 0.4) is 0 Å². The summed E-state index contributed by atoms with van der Waals surface area (Å²) in [6, 6.07) is 0. The molecule has 0 heterocycles. The zero-order valence-electron chi connectivity index (χ0n) is 19.0.